The molecule has 0 heterocycles. The van der Waals surface area contributed by atoms with Crippen molar-refractivity contribution in [2.75, 3.05) is 10.7 Å². The van der Waals surface area contributed by atoms with Gasteiger partial charge in [-0.2, -0.15) is 0 Å². The van der Waals surface area contributed by atoms with Gasteiger partial charge in [0, 0.05) is 5.02 Å². The van der Waals surface area contributed by atoms with E-state index in [9.17, 15) is 8.42 Å². The fourth-order valence-electron chi connectivity index (χ4n) is 0.760. The smallest absolute Gasteiger partial charge is 0.254 e. The molecular formula is C7H8ClNO3S. The fourth-order valence-corrected chi connectivity index (χ4v) is 1.39. The standard InChI is InChI=1S/C7H8ClNO3S/c1-13(11,12)9(10)7-4-2-6(8)3-5-7/h2-5,10H,1H3. The summed E-state index contributed by atoms with van der Waals surface area (Å²) in [5, 5.41) is 9.63. The van der Waals surface area contributed by atoms with Crippen molar-refractivity contribution in [1.29, 1.82) is 0 Å². The minimum absolute atomic E-state index is 0.159. The van der Waals surface area contributed by atoms with E-state index in [1.54, 1.807) is 0 Å². The van der Waals surface area contributed by atoms with Crippen LogP contribution in [0.4, 0.5) is 5.69 Å². The summed E-state index contributed by atoms with van der Waals surface area (Å²) < 4.78 is 21.9. The molecule has 72 valence electrons. The summed E-state index contributed by atoms with van der Waals surface area (Å²) in [6, 6.07) is 5.79. The van der Waals surface area contributed by atoms with Crippen LogP contribution in [0.1, 0.15) is 0 Å². The number of sulfonamides is 1. The number of hydrogen-bond acceptors (Lipinski definition) is 3. The van der Waals surface area contributed by atoms with Crippen LogP contribution in [0.2, 0.25) is 5.02 Å². The van der Waals surface area contributed by atoms with Crippen LogP contribution in [0.5, 0.6) is 0 Å². The minimum Gasteiger partial charge on any atom is -0.274 e. The molecule has 0 unspecified atom stereocenters. The zero-order valence-corrected chi connectivity index (χ0v) is 8.38. The molecule has 1 rings (SSSR count). The van der Waals surface area contributed by atoms with Gasteiger partial charge in [-0.25, -0.2) is 8.42 Å². The Labute approximate surface area is 81.4 Å². The lowest BCUT2D eigenvalue weighted by molar-refractivity contribution is 0.317. The second-order valence-corrected chi connectivity index (χ2v) is 4.73. The first-order valence-electron chi connectivity index (χ1n) is 3.36. The number of anilines is 1. The summed E-state index contributed by atoms with van der Waals surface area (Å²) in [6.45, 7) is 0. The number of benzene rings is 1. The van der Waals surface area contributed by atoms with Crippen LogP contribution in [-0.4, -0.2) is 19.9 Å². The molecule has 0 aliphatic carbocycles. The van der Waals surface area contributed by atoms with Gasteiger partial charge in [-0.3, -0.25) is 5.21 Å². The topological polar surface area (TPSA) is 57.6 Å². The van der Waals surface area contributed by atoms with Crippen molar-refractivity contribution >= 4 is 27.3 Å². The largest absolute Gasteiger partial charge is 0.274 e. The third-order valence-corrected chi connectivity index (χ3v) is 2.45. The van der Waals surface area contributed by atoms with Crippen LogP contribution < -0.4 is 4.47 Å². The van der Waals surface area contributed by atoms with E-state index >= 15 is 0 Å². The van der Waals surface area contributed by atoms with Gasteiger partial charge >= 0.3 is 0 Å². The molecule has 0 saturated carbocycles. The Morgan fingerprint density at radius 1 is 1.31 bits per heavy atom. The zero-order chi connectivity index (χ0) is 10.1. The van der Waals surface area contributed by atoms with Crippen LogP contribution in [0, 0.1) is 0 Å². The highest BCUT2D eigenvalue weighted by atomic mass is 35.5. The quantitative estimate of drug-likeness (QED) is 0.770. The molecular weight excluding hydrogens is 214 g/mol. The molecule has 1 N–H and O–H groups in total. The molecule has 0 aromatic heterocycles. The lowest BCUT2D eigenvalue weighted by Gasteiger charge is -2.13. The molecule has 6 heteroatoms. The number of halogens is 1. The highest BCUT2D eigenvalue weighted by Crippen LogP contribution is 2.18. The van der Waals surface area contributed by atoms with Crippen molar-refractivity contribution in [3.63, 3.8) is 0 Å². The van der Waals surface area contributed by atoms with E-state index in [0.29, 0.717) is 5.02 Å². The van der Waals surface area contributed by atoms with Gasteiger partial charge in [0.2, 0.25) is 0 Å². The van der Waals surface area contributed by atoms with E-state index in [2.05, 4.69) is 0 Å². The SMILES string of the molecule is CS(=O)(=O)N(O)c1ccc(Cl)cc1. The summed E-state index contributed by atoms with van der Waals surface area (Å²) in [5.41, 5.74) is 0.159. The molecule has 0 saturated heterocycles. The predicted molar refractivity (Wildman–Crippen MR) is 50.6 cm³/mol. The van der Waals surface area contributed by atoms with Gasteiger partial charge < -0.3 is 0 Å². The average Bonchev–Trinajstić information content (AvgIpc) is 2.03. The summed E-state index contributed by atoms with van der Waals surface area (Å²) in [4.78, 5) is 0. The molecule has 0 radical (unpaired) electrons. The first kappa shape index (κ1) is 10.3. The highest BCUT2D eigenvalue weighted by molar-refractivity contribution is 7.91. The van der Waals surface area contributed by atoms with E-state index in [1.807, 2.05) is 0 Å². The zero-order valence-electron chi connectivity index (χ0n) is 6.81. The van der Waals surface area contributed by atoms with Crippen molar-refractivity contribution in [2.45, 2.75) is 0 Å². The lowest BCUT2D eigenvalue weighted by Crippen LogP contribution is -2.25. The van der Waals surface area contributed by atoms with Crippen LogP contribution in [0.25, 0.3) is 0 Å². The van der Waals surface area contributed by atoms with Crippen molar-refractivity contribution < 1.29 is 13.6 Å². The van der Waals surface area contributed by atoms with Gasteiger partial charge in [0.05, 0.1) is 11.9 Å². The molecule has 13 heavy (non-hydrogen) atoms. The first-order chi connectivity index (χ1) is 5.91. The Morgan fingerprint density at radius 2 is 1.77 bits per heavy atom. The molecule has 0 fully saturated rings. The number of rotatable bonds is 2. The molecule has 0 aliphatic heterocycles. The number of hydrogen-bond donors (Lipinski definition) is 1. The third-order valence-electron chi connectivity index (χ3n) is 1.36. The van der Waals surface area contributed by atoms with Crippen LogP contribution in [0.3, 0.4) is 0 Å². The maximum Gasteiger partial charge on any atom is 0.254 e. The van der Waals surface area contributed by atoms with E-state index in [4.69, 9.17) is 16.8 Å². The predicted octanol–water partition coefficient (Wildman–Crippen LogP) is 1.50. The Hall–Kier alpha value is -0.780. The van der Waals surface area contributed by atoms with Gasteiger partial charge in [-0.05, 0) is 24.3 Å². The Kier molecular flexibility index (Phi) is 2.80. The third kappa shape index (κ3) is 2.58. The Balaban J connectivity index is 3.04. The summed E-state index contributed by atoms with van der Waals surface area (Å²) in [5.74, 6) is 0. The van der Waals surface area contributed by atoms with Crippen molar-refractivity contribution in [3.05, 3.63) is 29.3 Å². The van der Waals surface area contributed by atoms with E-state index in [1.165, 1.54) is 24.3 Å². The van der Waals surface area contributed by atoms with Gasteiger partial charge in [0.25, 0.3) is 10.0 Å². The molecule has 1 aromatic rings. The average molecular weight is 222 g/mol. The maximum atomic E-state index is 10.9. The second kappa shape index (κ2) is 3.53. The van der Waals surface area contributed by atoms with Crippen molar-refractivity contribution in [3.8, 4) is 0 Å². The highest BCUT2D eigenvalue weighted by Gasteiger charge is 2.13. The van der Waals surface area contributed by atoms with E-state index in [-0.39, 0.29) is 10.2 Å². The minimum atomic E-state index is -3.62. The molecule has 0 bridgehead atoms. The molecule has 0 atom stereocenters. The fraction of sp³-hybridized carbons (Fsp3) is 0.143. The molecule has 4 nitrogen and oxygen atoms in total. The van der Waals surface area contributed by atoms with Crippen LogP contribution in [0.15, 0.2) is 24.3 Å². The molecule has 0 amide bonds. The monoisotopic (exact) mass is 221 g/mol. The van der Waals surface area contributed by atoms with E-state index in [0.717, 1.165) is 6.26 Å². The van der Waals surface area contributed by atoms with Gasteiger partial charge in [-0.15, -0.1) is 4.47 Å². The van der Waals surface area contributed by atoms with Gasteiger partial charge in [0.1, 0.15) is 0 Å². The Morgan fingerprint density at radius 3 is 2.15 bits per heavy atom. The van der Waals surface area contributed by atoms with Gasteiger partial charge in [0.15, 0.2) is 0 Å². The number of nitrogens with zero attached hydrogens (tertiary/aromatic N) is 1. The Bertz CT molecular complexity index is 387. The summed E-state index contributed by atoms with van der Waals surface area (Å²) in [6.07, 6.45) is 0.904. The maximum absolute atomic E-state index is 10.9. The van der Waals surface area contributed by atoms with Crippen molar-refractivity contribution in [2.24, 2.45) is 0 Å². The first-order valence-corrected chi connectivity index (χ1v) is 5.58. The van der Waals surface area contributed by atoms with Crippen molar-refractivity contribution in [1.82, 2.24) is 0 Å². The summed E-state index contributed by atoms with van der Waals surface area (Å²) in [7, 11) is -3.62. The summed E-state index contributed by atoms with van der Waals surface area (Å²) >= 11 is 5.58. The normalized spacial score (nSPS) is 11.3. The lowest BCUT2D eigenvalue weighted by atomic mass is 10.3. The van der Waals surface area contributed by atoms with Crippen LogP contribution in [-0.2, 0) is 10.0 Å². The molecule has 1 aromatic carbocycles. The van der Waals surface area contributed by atoms with Gasteiger partial charge in [-0.1, -0.05) is 11.6 Å². The second-order valence-electron chi connectivity index (χ2n) is 2.48. The van der Waals surface area contributed by atoms with Crippen LogP contribution >= 0.6 is 11.6 Å². The van der Waals surface area contributed by atoms with E-state index < -0.39 is 10.0 Å². The molecule has 0 spiro atoms. The molecule has 0 aliphatic rings.